The maximum absolute atomic E-state index is 4.79. The van der Waals surface area contributed by atoms with E-state index in [0.29, 0.717) is 11.5 Å². The molecule has 0 unspecified atom stereocenters. The molecule has 0 saturated heterocycles. The SMILES string of the molecule is C=C(/N=C(\N=C(/C)c1ccccc1)c1ccccc1)c1ccccc1. The number of hydrogen-bond acceptors (Lipinski definition) is 1. The minimum absolute atomic E-state index is 0.663. The third kappa shape index (κ3) is 4.39. The standard InChI is InChI=1S/C23H20N2/c1-18(20-12-6-3-7-13-20)24-23(22-16-10-5-11-17-22)25-19(2)21-14-8-4-9-15-21/h3-17H,1H2,2H3/b24-23-,25-19+. The van der Waals surface area contributed by atoms with E-state index in [9.17, 15) is 0 Å². The number of benzene rings is 3. The molecule has 0 fully saturated rings. The maximum Gasteiger partial charge on any atom is 0.160 e. The van der Waals surface area contributed by atoms with E-state index in [4.69, 9.17) is 9.98 Å². The van der Waals surface area contributed by atoms with Gasteiger partial charge in [0.1, 0.15) is 0 Å². The summed E-state index contributed by atoms with van der Waals surface area (Å²) in [6, 6.07) is 30.1. The molecule has 0 N–H and O–H groups in total. The van der Waals surface area contributed by atoms with Gasteiger partial charge in [-0.05, 0) is 18.1 Å². The summed E-state index contributed by atoms with van der Waals surface area (Å²) < 4.78 is 0. The molecule has 0 aliphatic carbocycles. The molecule has 0 aliphatic heterocycles. The molecule has 0 saturated carbocycles. The fourth-order valence-electron chi connectivity index (χ4n) is 2.47. The summed E-state index contributed by atoms with van der Waals surface area (Å²) >= 11 is 0. The summed E-state index contributed by atoms with van der Waals surface area (Å²) in [5.74, 6) is 0.663. The van der Waals surface area contributed by atoms with Crippen molar-refractivity contribution in [1.29, 1.82) is 0 Å². The first-order valence-electron chi connectivity index (χ1n) is 8.23. The Hall–Kier alpha value is -3.26. The first-order valence-corrected chi connectivity index (χ1v) is 8.23. The van der Waals surface area contributed by atoms with Crippen molar-refractivity contribution in [3.63, 3.8) is 0 Å². The molecule has 25 heavy (non-hydrogen) atoms. The summed E-state index contributed by atoms with van der Waals surface area (Å²) in [7, 11) is 0. The fraction of sp³-hybridized carbons (Fsp3) is 0.0435. The van der Waals surface area contributed by atoms with Gasteiger partial charge in [0.15, 0.2) is 5.84 Å². The molecule has 3 aromatic carbocycles. The molecule has 0 spiro atoms. The molecule has 0 bridgehead atoms. The highest BCUT2D eigenvalue weighted by atomic mass is 14.9. The van der Waals surface area contributed by atoms with Crippen LogP contribution in [0, 0.1) is 0 Å². The molecule has 0 aliphatic rings. The monoisotopic (exact) mass is 324 g/mol. The highest BCUT2D eigenvalue weighted by Crippen LogP contribution is 2.16. The van der Waals surface area contributed by atoms with E-state index in [1.54, 1.807) is 0 Å². The van der Waals surface area contributed by atoms with Gasteiger partial charge in [-0.25, -0.2) is 9.98 Å². The second kappa shape index (κ2) is 8.02. The quantitative estimate of drug-likeness (QED) is 0.440. The van der Waals surface area contributed by atoms with E-state index in [1.807, 2.05) is 97.9 Å². The van der Waals surface area contributed by atoms with Gasteiger partial charge in [-0.3, -0.25) is 0 Å². The van der Waals surface area contributed by atoms with Gasteiger partial charge in [-0.1, -0.05) is 97.6 Å². The maximum atomic E-state index is 4.79. The number of nitrogens with zero attached hydrogens (tertiary/aromatic N) is 2. The lowest BCUT2D eigenvalue weighted by molar-refractivity contribution is 1.44. The number of aliphatic imine (C=N–C) groups is 2. The molecule has 122 valence electrons. The molecule has 0 atom stereocenters. The van der Waals surface area contributed by atoms with Crippen molar-refractivity contribution in [2.24, 2.45) is 9.98 Å². The Morgan fingerprint density at radius 1 is 0.600 bits per heavy atom. The smallest absolute Gasteiger partial charge is 0.160 e. The zero-order valence-corrected chi connectivity index (χ0v) is 14.3. The van der Waals surface area contributed by atoms with Gasteiger partial charge in [0.2, 0.25) is 0 Å². The van der Waals surface area contributed by atoms with Crippen molar-refractivity contribution < 1.29 is 0 Å². The van der Waals surface area contributed by atoms with Crippen molar-refractivity contribution in [1.82, 2.24) is 0 Å². The van der Waals surface area contributed by atoms with Gasteiger partial charge in [-0.15, -0.1) is 0 Å². The van der Waals surface area contributed by atoms with Gasteiger partial charge in [-0.2, -0.15) is 0 Å². The average molecular weight is 324 g/mol. The molecule has 3 rings (SSSR count). The van der Waals surface area contributed by atoms with E-state index < -0.39 is 0 Å². The summed E-state index contributed by atoms with van der Waals surface area (Å²) in [5, 5.41) is 0. The van der Waals surface area contributed by atoms with Gasteiger partial charge in [0.05, 0.1) is 5.70 Å². The topological polar surface area (TPSA) is 24.7 Å². The lowest BCUT2D eigenvalue weighted by Gasteiger charge is -2.07. The number of rotatable bonds is 4. The number of amidine groups is 1. The van der Waals surface area contributed by atoms with Crippen molar-refractivity contribution in [2.75, 3.05) is 0 Å². The molecule has 2 heteroatoms. The van der Waals surface area contributed by atoms with Crippen LogP contribution in [0.2, 0.25) is 0 Å². The third-order valence-corrected chi connectivity index (χ3v) is 3.85. The molecule has 0 aromatic heterocycles. The van der Waals surface area contributed by atoms with Crippen LogP contribution in [0.5, 0.6) is 0 Å². The van der Waals surface area contributed by atoms with E-state index in [1.165, 1.54) is 0 Å². The van der Waals surface area contributed by atoms with Crippen LogP contribution < -0.4 is 0 Å². The third-order valence-electron chi connectivity index (χ3n) is 3.85. The first kappa shape index (κ1) is 16.6. The van der Waals surface area contributed by atoms with Crippen molar-refractivity contribution in [3.05, 3.63) is 114 Å². The van der Waals surface area contributed by atoms with Crippen LogP contribution in [0.1, 0.15) is 23.6 Å². The van der Waals surface area contributed by atoms with Crippen LogP contribution in [0.4, 0.5) is 0 Å². The highest BCUT2D eigenvalue weighted by molar-refractivity contribution is 6.12. The van der Waals surface area contributed by atoms with Crippen LogP contribution in [0.3, 0.4) is 0 Å². The van der Waals surface area contributed by atoms with Crippen LogP contribution in [0.25, 0.3) is 5.70 Å². The fourth-order valence-corrected chi connectivity index (χ4v) is 2.47. The van der Waals surface area contributed by atoms with Crippen LogP contribution in [-0.4, -0.2) is 11.5 Å². The Morgan fingerprint density at radius 3 is 1.56 bits per heavy atom. The zero-order chi connectivity index (χ0) is 17.5. The van der Waals surface area contributed by atoms with Crippen molar-refractivity contribution in [2.45, 2.75) is 6.92 Å². The second-order valence-corrected chi connectivity index (χ2v) is 5.68. The van der Waals surface area contributed by atoms with Crippen LogP contribution in [0.15, 0.2) is 108 Å². The van der Waals surface area contributed by atoms with Gasteiger partial charge < -0.3 is 0 Å². The minimum atomic E-state index is 0.663. The molecule has 0 radical (unpaired) electrons. The van der Waals surface area contributed by atoms with E-state index in [-0.39, 0.29) is 0 Å². The van der Waals surface area contributed by atoms with E-state index in [0.717, 1.165) is 22.4 Å². The van der Waals surface area contributed by atoms with E-state index >= 15 is 0 Å². The normalized spacial score (nSPS) is 12.0. The van der Waals surface area contributed by atoms with Crippen LogP contribution in [-0.2, 0) is 0 Å². The Labute approximate surface area is 148 Å². The second-order valence-electron chi connectivity index (χ2n) is 5.68. The van der Waals surface area contributed by atoms with Crippen molar-refractivity contribution >= 4 is 17.2 Å². The highest BCUT2D eigenvalue weighted by Gasteiger charge is 2.06. The summed E-state index contributed by atoms with van der Waals surface area (Å²) in [6.07, 6.45) is 0. The van der Waals surface area contributed by atoms with Gasteiger partial charge >= 0.3 is 0 Å². The Bertz CT molecular complexity index is 893. The van der Waals surface area contributed by atoms with Crippen LogP contribution >= 0.6 is 0 Å². The zero-order valence-electron chi connectivity index (χ0n) is 14.3. The average Bonchev–Trinajstić information content (AvgIpc) is 2.69. The Balaban J connectivity index is 2.02. The molecule has 2 nitrogen and oxygen atoms in total. The summed E-state index contributed by atoms with van der Waals surface area (Å²) in [6.45, 7) is 6.11. The Kier molecular flexibility index (Phi) is 5.32. The molecule has 0 amide bonds. The Morgan fingerprint density at radius 2 is 1.04 bits per heavy atom. The first-order chi connectivity index (χ1) is 12.2. The van der Waals surface area contributed by atoms with Gasteiger partial charge in [0.25, 0.3) is 0 Å². The minimum Gasteiger partial charge on any atom is -0.233 e. The largest absolute Gasteiger partial charge is 0.233 e. The predicted molar refractivity (Wildman–Crippen MR) is 107 cm³/mol. The lowest BCUT2D eigenvalue weighted by Crippen LogP contribution is -2.04. The summed E-state index contributed by atoms with van der Waals surface area (Å²) in [4.78, 5) is 9.51. The molecule has 0 heterocycles. The predicted octanol–water partition coefficient (Wildman–Crippen LogP) is 5.61. The van der Waals surface area contributed by atoms with E-state index in [2.05, 4.69) is 6.58 Å². The molecular formula is C23H20N2. The van der Waals surface area contributed by atoms with Gasteiger partial charge in [0, 0.05) is 11.3 Å². The molecular weight excluding hydrogens is 304 g/mol. The summed E-state index contributed by atoms with van der Waals surface area (Å²) in [5.41, 5.74) is 4.66. The lowest BCUT2D eigenvalue weighted by atomic mass is 10.1. The number of hydrogen-bond donors (Lipinski definition) is 0. The molecule has 3 aromatic rings. The van der Waals surface area contributed by atoms with Crippen molar-refractivity contribution in [3.8, 4) is 0 Å².